The molecule has 1 aromatic carbocycles. The van der Waals surface area contributed by atoms with E-state index in [0.717, 1.165) is 4.90 Å². The summed E-state index contributed by atoms with van der Waals surface area (Å²) in [5, 5.41) is 28.9. The van der Waals surface area contributed by atoms with Crippen molar-refractivity contribution in [3.05, 3.63) is 29.8 Å². The van der Waals surface area contributed by atoms with Crippen LogP contribution < -0.4 is 4.90 Å². The maximum atomic E-state index is 12.7. The SMILES string of the molecule is O=C(O)c1ccc(N2C(=O)[C@@H]3[C@@H]4C[C@@H]([C@H](O)[C@H]4O)[C@H]3C2=O)cc1. The number of hydrogen-bond acceptors (Lipinski definition) is 5. The molecule has 23 heavy (non-hydrogen) atoms. The summed E-state index contributed by atoms with van der Waals surface area (Å²) in [5.41, 5.74) is 0.390. The molecule has 2 saturated carbocycles. The van der Waals surface area contributed by atoms with Gasteiger partial charge in [-0.25, -0.2) is 4.79 Å². The molecule has 6 atom stereocenters. The van der Waals surface area contributed by atoms with Crippen molar-refractivity contribution in [2.75, 3.05) is 4.90 Å². The summed E-state index contributed by atoms with van der Waals surface area (Å²) in [5.74, 6) is -3.80. The largest absolute Gasteiger partial charge is 0.478 e. The van der Waals surface area contributed by atoms with E-state index in [0.29, 0.717) is 12.1 Å². The van der Waals surface area contributed by atoms with Gasteiger partial charge in [0.15, 0.2) is 0 Å². The second-order valence-electron chi connectivity index (χ2n) is 6.46. The zero-order chi connectivity index (χ0) is 16.5. The highest BCUT2D eigenvalue weighted by molar-refractivity contribution is 6.22. The molecule has 3 N–H and O–H groups in total. The summed E-state index contributed by atoms with van der Waals surface area (Å²) in [6.07, 6.45) is -1.44. The van der Waals surface area contributed by atoms with Gasteiger partial charge in [0.05, 0.1) is 35.3 Å². The molecular formula is C16H15NO6. The number of aliphatic hydroxyl groups excluding tert-OH is 2. The van der Waals surface area contributed by atoms with E-state index >= 15 is 0 Å². The van der Waals surface area contributed by atoms with Crippen LogP contribution in [0.4, 0.5) is 5.69 Å². The van der Waals surface area contributed by atoms with Crippen molar-refractivity contribution in [3.63, 3.8) is 0 Å². The standard InChI is InChI=1S/C16H15NO6/c18-12-8-5-9(13(12)19)11-10(8)14(20)17(15(11)21)7-3-1-6(2-4-7)16(22)23/h1-4,8-13,18-19H,5H2,(H,22,23)/t8-,9+,10-,11-,12+,13+/m1/s1. The van der Waals surface area contributed by atoms with Crippen LogP contribution in [0.15, 0.2) is 24.3 Å². The van der Waals surface area contributed by atoms with E-state index in [4.69, 9.17) is 5.11 Å². The van der Waals surface area contributed by atoms with E-state index in [1.807, 2.05) is 0 Å². The molecule has 4 rings (SSSR count). The first-order chi connectivity index (χ1) is 10.9. The molecule has 2 bridgehead atoms. The normalized spacial score (nSPS) is 38.3. The summed E-state index contributed by atoms with van der Waals surface area (Å²) in [7, 11) is 0. The summed E-state index contributed by atoms with van der Waals surface area (Å²) in [4.78, 5) is 37.3. The minimum Gasteiger partial charge on any atom is -0.478 e. The predicted molar refractivity (Wildman–Crippen MR) is 76.5 cm³/mol. The van der Waals surface area contributed by atoms with E-state index < -0.39 is 30.0 Å². The molecule has 3 aliphatic rings. The maximum Gasteiger partial charge on any atom is 0.335 e. The number of carboxylic acid groups (broad SMARTS) is 1. The fourth-order valence-electron chi connectivity index (χ4n) is 4.44. The van der Waals surface area contributed by atoms with Crippen molar-refractivity contribution in [1.82, 2.24) is 0 Å². The van der Waals surface area contributed by atoms with Crippen molar-refractivity contribution >= 4 is 23.5 Å². The van der Waals surface area contributed by atoms with Gasteiger partial charge in [-0.2, -0.15) is 0 Å². The first-order valence-corrected chi connectivity index (χ1v) is 7.49. The lowest BCUT2D eigenvalue weighted by atomic mass is 9.78. The van der Waals surface area contributed by atoms with Gasteiger partial charge in [-0.3, -0.25) is 14.5 Å². The van der Waals surface area contributed by atoms with Crippen LogP contribution >= 0.6 is 0 Å². The number of nitrogens with zero attached hydrogens (tertiary/aromatic N) is 1. The molecular weight excluding hydrogens is 302 g/mol. The van der Waals surface area contributed by atoms with Crippen LogP contribution in [0.3, 0.4) is 0 Å². The molecule has 2 amide bonds. The zero-order valence-electron chi connectivity index (χ0n) is 12.0. The zero-order valence-corrected chi connectivity index (χ0v) is 12.0. The van der Waals surface area contributed by atoms with Gasteiger partial charge in [-0.1, -0.05) is 0 Å². The predicted octanol–water partition coefficient (Wildman–Crippen LogP) is -0.138. The van der Waals surface area contributed by atoms with Crippen LogP contribution in [0.1, 0.15) is 16.8 Å². The number of carbonyl (C=O) groups excluding carboxylic acids is 2. The van der Waals surface area contributed by atoms with Crippen LogP contribution in [0.5, 0.6) is 0 Å². The number of aromatic carboxylic acids is 1. The lowest BCUT2D eigenvalue weighted by Crippen LogP contribution is -2.43. The van der Waals surface area contributed by atoms with E-state index in [-0.39, 0.29) is 29.2 Å². The summed E-state index contributed by atoms with van der Waals surface area (Å²) in [6.45, 7) is 0. The second kappa shape index (κ2) is 4.62. The van der Waals surface area contributed by atoms with Crippen molar-refractivity contribution in [2.45, 2.75) is 18.6 Å². The average Bonchev–Trinajstić information content (AvgIpc) is 3.12. The summed E-state index contributed by atoms with van der Waals surface area (Å²) >= 11 is 0. The van der Waals surface area contributed by atoms with Crippen molar-refractivity contribution in [2.24, 2.45) is 23.7 Å². The molecule has 1 saturated heterocycles. The van der Waals surface area contributed by atoms with Gasteiger partial charge in [-0.05, 0) is 30.7 Å². The van der Waals surface area contributed by atoms with E-state index in [1.54, 1.807) is 0 Å². The van der Waals surface area contributed by atoms with Crippen LogP contribution in [-0.2, 0) is 9.59 Å². The Morgan fingerprint density at radius 1 is 0.957 bits per heavy atom. The van der Waals surface area contributed by atoms with Gasteiger partial charge in [0.1, 0.15) is 0 Å². The number of carbonyl (C=O) groups is 3. The van der Waals surface area contributed by atoms with Gasteiger partial charge in [0.25, 0.3) is 0 Å². The average molecular weight is 317 g/mol. The smallest absolute Gasteiger partial charge is 0.335 e. The van der Waals surface area contributed by atoms with Crippen LogP contribution in [0.25, 0.3) is 0 Å². The minimum absolute atomic E-state index is 0.0685. The van der Waals surface area contributed by atoms with Crippen LogP contribution in [0, 0.1) is 23.7 Å². The number of anilines is 1. The van der Waals surface area contributed by atoms with Gasteiger partial charge >= 0.3 is 5.97 Å². The van der Waals surface area contributed by atoms with Gasteiger partial charge in [0.2, 0.25) is 11.8 Å². The van der Waals surface area contributed by atoms with Gasteiger partial charge in [-0.15, -0.1) is 0 Å². The Bertz CT molecular complexity index is 682. The molecule has 3 fully saturated rings. The van der Waals surface area contributed by atoms with Crippen molar-refractivity contribution in [1.29, 1.82) is 0 Å². The third-order valence-corrected chi connectivity index (χ3v) is 5.46. The van der Waals surface area contributed by atoms with E-state index in [2.05, 4.69) is 0 Å². The Kier molecular flexibility index (Phi) is 2.88. The fraction of sp³-hybridized carbons (Fsp3) is 0.438. The Labute approximate surface area is 131 Å². The molecule has 0 unspecified atom stereocenters. The second-order valence-corrected chi connectivity index (χ2v) is 6.46. The van der Waals surface area contributed by atoms with Gasteiger partial charge < -0.3 is 15.3 Å². The first kappa shape index (κ1) is 14.3. The van der Waals surface area contributed by atoms with Gasteiger partial charge in [0, 0.05) is 11.8 Å². The number of fused-ring (bicyclic) bond motifs is 5. The molecule has 7 nitrogen and oxygen atoms in total. The first-order valence-electron chi connectivity index (χ1n) is 7.49. The van der Waals surface area contributed by atoms with Crippen LogP contribution in [-0.4, -0.2) is 45.3 Å². The molecule has 2 aliphatic carbocycles. The Hall–Kier alpha value is -2.25. The monoisotopic (exact) mass is 317 g/mol. The van der Waals surface area contributed by atoms with Crippen molar-refractivity contribution in [3.8, 4) is 0 Å². The number of benzene rings is 1. The number of rotatable bonds is 2. The minimum atomic E-state index is -1.09. The van der Waals surface area contributed by atoms with Crippen molar-refractivity contribution < 1.29 is 29.7 Å². The molecule has 1 aromatic rings. The highest BCUT2D eigenvalue weighted by Gasteiger charge is 2.67. The molecule has 1 aliphatic heterocycles. The molecule has 1 heterocycles. The number of imide groups is 1. The molecule has 7 heteroatoms. The quantitative estimate of drug-likeness (QED) is 0.654. The molecule has 0 spiro atoms. The molecule has 120 valence electrons. The number of carboxylic acids is 1. The number of aliphatic hydroxyl groups is 2. The van der Waals surface area contributed by atoms with Crippen LogP contribution in [0.2, 0.25) is 0 Å². The molecule has 0 radical (unpaired) electrons. The fourth-order valence-corrected chi connectivity index (χ4v) is 4.44. The maximum absolute atomic E-state index is 12.7. The number of hydrogen-bond donors (Lipinski definition) is 3. The van der Waals surface area contributed by atoms with E-state index in [1.165, 1.54) is 24.3 Å². The lowest BCUT2D eigenvalue weighted by Gasteiger charge is -2.29. The Balaban J connectivity index is 1.68. The Morgan fingerprint density at radius 3 is 1.87 bits per heavy atom. The topological polar surface area (TPSA) is 115 Å². The third kappa shape index (κ3) is 1.74. The van der Waals surface area contributed by atoms with E-state index in [9.17, 15) is 24.6 Å². The summed E-state index contributed by atoms with van der Waals surface area (Å²) in [6, 6.07) is 5.53. The Morgan fingerprint density at radius 2 is 1.43 bits per heavy atom. The highest BCUT2D eigenvalue weighted by atomic mass is 16.4. The summed E-state index contributed by atoms with van der Waals surface area (Å²) < 4.78 is 0. The highest BCUT2D eigenvalue weighted by Crippen LogP contribution is 2.56. The molecule has 0 aromatic heterocycles. The third-order valence-electron chi connectivity index (χ3n) is 5.46. The lowest BCUT2D eigenvalue weighted by molar-refractivity contribution is -0.129. The number of amides is 2.